The van der Waals surface area contributed by atoms with Crippen molar-refractivity contribution < 1.29 is 18.8 Å². The van der Waals surface area contributed by atoms with Crippen LogP contribution in [0.25, 0.3) is 22.8 Å². The Hall–Kier alpha value is -4.13. The molecule has 4 aromatic rings. The van der Waals surface area contributed by atoms with E-state index in [1.807, 2.05) is 42.5 Å². The van der Waals surface area contributed by atoms with Crippen LogP contribution in [-0.2, 0) is 0 Å². The van der Waals surface area contributed by atoms with Crippen molar-refractivity contribution in [2.75, 3.05) is 19.0 Å². The van der Waals surface area contributed by atoms with Gasteiger partial charge in [0.25, 0.3) is 11.8 Å². The van der Waals surface area contributed by atoms with Gasteiger partial charge in [0.2, 0.25) is 5.82 Å². The predicted octanol–water partition coefficient (Wildman–Crippen LogP) is 5.84. The second kappa shape index (κ2) is 10.5. The molecule has 0 unspecified atom stereocenters. The molecule has 1 heterocycles. The smallest absolute Gasteiger partial charge is 0.260 e. The maximum Gasteiger partial charge on any atom is 0.260 e. The van der Waals surface area contributed by atoms with E-state index in [2.05, 4.69) is 22.4 Å². The first-order valence-electron chi connectivity index (χ1n) is 10.8. The zero-order valence-electron chi connectivity index (χ0n) is 18.6. The molecule has 168 valence electrons. The van der Waals surface area contributed by atoms with E-state index in [4.69, 9.17) is 14.0 Å². The molecule has 0 bridgehead atoms. The number of methoxy groups -OCH3 is 1. The van der Waals surface area contributed by atoms with E-state index in [9.17, 15) is 4.79 Å². The molecule has 0 aliphatic heterocycles. The fraction of sp³-hybridized carbons (Fsp3) is 0.192. The predicted molar refractivity (Wildman–Crippen MR) is 127 cm³/mol. The molecule has 7 nitrogen and oxygen atoms in total. The summed E-state index contributed by atoms with van der Waals surface area (Å²) >= 11 is 0. The highest BCUT2D eigenvalue weighted by atomic mass is 16.5. The number of amides is 1. The summed E-state index contributed by atoms with van der Waals surface area (Å²) in [4.78, 5) is 17.3. The van der Waals surface area contributed by atoms with Crippen molar-refractivity contribution in [2.45, 2.75) is 19.8 Å². The third-order valence-electron chi connectivity index (χ3n) is 5.06. The van der Waals surface area contributed by atoms with Crippen molar-refractivity contribution in [3.05, 3.63) is 78.4 Å². The minimum absolute atomic E-state index is 0.238. The SMILES string of the molecule is CCCCOc1ccc(C(=O)Nc2ccccc2-c2nc(-c3ccc(OC)cc3)no2)cc1. The van der Waals surface area contributed by atoms with Crippen molar-refractivity contribution in [3.63, 3.8) is 0 Å². The van der Waals surface area contributed by atoms with Crippen LogP contribution < -0.4 is 14.8 Å². The summed E-state index contributed by atoms with van der Waals surface area (Å²) in [6.45, 7) is 2.78. The van der Waals surface area contributed by atoms with Crippen LogP contribution in [0.1, 0.15) is 30.1 Å². The summed E-state index contributed by atoms with van der Waals surface area (Å²) in [7, 11) is 1.61. The van der Waals surface area contributed by atoms with Gasteiger partial charge < -0.3 is 19.3 Å². The topological polar surface area (TPSA) is 86.5 Å². The quantitative estimate of drug-likeness (QED) is 0.327. The van der Waals surface area contributed by atoms with Crippen molar-refractivity contribution >= 4 is 11.6 Å². The van der Waals surface area contributed by atoms with Gasteiger partial charge in [-0.25, -0.2) is 0 Å². The Morgan fingerprint density at radius 2 is 1.70 bits per heavy atom. The summed E-state index contributed by atoms with van der Waals surface area (Å²) in [6, 6.07) is 21.8. The van der Waals surface area contributed by atoms with Crippen molar-refractivity contribution in [3.8, 4) is 34.3 Å². The lowest BCUT2D eigenvalue weighted by molar-refractivity contribution is 0.102. The number of carbonyl (C=O) groups excluding carboxylic acids is 1. The third-order valence-corrected chi connectivity index (χ3v) is 5.06. The lowest BCUT2D eigenvalue weighted by Gasteiger charge is -2.09. The van der Waals surface area contributed by atoms with Gasteiger partial charge in [0.15, 0.2) is 0 Å². The summed E-state index contributed by atoms with van der Waals surface area (Å²) in [5.41, 5.74) is 2.54. The number of ether oxygens (including phenoxy) is 2. The Labute approximate surface area is 192 Å². The molecule has 1 amide bonds. The van der Waals surface area contributed by atoms with Crippen molar-refractivity contribution in [1.82, 2.24) is 10.1 Å². The zero-order valence-corrected chi connectivity index (χ0v) is 18.6. The molecule has 1 aromatic heterocycles. The first-order chi connectivity index (χ1) is 16.2. The molecule has 7 heteroatoms. The van der Waals surface area contributed by atoms with Gasteiger partial charge in [-0.1, -0.05) is 30.6 Å². The van der Waals surface area contributed by atoms with Crippen LogP contribution in [0.2, 0.25) is 0 Å². The number of aromatic nitrogens is 2. The molecule has 0 atom stereocenters. The fourth-order valence-electron chi connectivity index (χ4n) is 3.20. The number of unbranched alkanes of at least 4 members (excludes halogenated alkanes) is 1. The molecule has 0 fully saturated rings. The first kappa shape index (κ1) is 22.1. The number of hydrogen-bond acceptors (Lipinski definition) is 6. The van der Waals surface area contributed by atoms with Gasteiger partial charge in [0.1, 0.15) is 11.5 Å². The largest absolute Gasteiger partial charge is 0.497 e. The number of hydrogen-bond donors (Lipinski definition) is 1. The van der Waals surface area contributed by atoms with E-state index >= 15 is 0 Å². The van der Waals surface area contributed by atoms with Gasteiger partial charge in [0.05, 0.1) is 25.0 Å². The molecule has 0 saturated heterocycles. The number of rotatable bonds is 9. The molecular weight excluding hydrogens is 418 g/mol. The van der Waals surface area contributed by atoms with Gasteiger partial charge in [-0.05, 0) is 67.1 Å². The monoisotopic (exact) mass is 443 g/mol. The lowest BCUT2D eigenvalue weighted by atomic mass is 10.1. The Morgan fingerprint density at radius 1 is 0.970 bits per heavy atom. The molecule has 1 N–H and O–H groups in total. The van der Waals surface area contributed by atoms with E-state index in [-0.39, 0.29) is 5.91 Å². The summed E-state index contributed by atoms with van der Waals surface area (Å²) in [5, 5.41) is 7.02. The van der Waals surface area contributed by atoms with Crippen LogP contribution in [0.15, 0.2) is 77.3 Å². The number of nitrogens with one attached hydrogen (secondary N) is 1. The number of benzene rings is 3. The van der Waals surface area contributed by atoms with Gasteiger partial charge in [-0.2, -0.15) is 4.98 Å². The number of nitrogens with zero attached hydrogens (tertiary/aromatic N) is 2. The maximum atomic E-state index is 12.8. The van der Waals surface area contributed by atoms with Gasteiger partial charge in [-0.15, -0.1) is 0 Å². The molecule has 3 aromatic carbocycles. The number of para-hydroxylation sites is 1. The van der Waals surface area contributed by atoms with Crippen LogP contribution in [-0.4, -0.2) is 29.8 Å². The Balaban J connectivity index is 1.50. The van der Waals surface area contributed by atoms with Crippen LogP contribution in [0.4, 0.5) is 5.69 Å². The summed E-state index contributed by atoms with van der Waals surface area (Å²) < 4.78 is 16.3. The molecule has 0 radical (unpaired) electrons. The highest BCUT2D eigenvalue weighted by Crippen LogP contribution is 2.29. The highest BCUT2D eigenvalue weighted by Gasteiger charge is 2.16. The molecule has 4 rings (SSSR count). The number of carbonyl (C=O) groups is 1. The highest BCUT2D eigenvalue weighted by molar-refractivity contribution is 6.06. The average molecular weight is 444 g/mol. The molecule has 0 spiro atoms. The third kappa shape index (κ3) is 5.38. The van der Waals surface area contributed by atoms with E-state index < -0.39 is 0 Å². The first-order valence-corrected chi connectivity index (χ1v) is 10.8. The zero-order chi connectivity index (χ0) is 23.0. The number of anilines is 1. The second-order valence-corrected chi connectivity index (χ2v) is 7.38. The van der Waals surface area contributed by atoms with Crippen LogP contribution in [0, 0.1) is 0 Å². The fourth-order valence-corrected chi connectivity index (χ4v) is 3.20. The maximum absolute atomic E-state index is 12.8. The Morgan fingerprint density at radius 3 is 2.42 bits per heavy atom. The summed E-state index contributed by atoms with van der Waals surface area (Å²) in [5.74, 6) is 2.02. The van der Waals surface area contributed by atoms with Crippen LogP contribution in [0.3, 0.4) is 0 Å². The van der Waals surface area contributed by atoms with Gasteiger partial charge in [0, 0.05) is 11.1 Å². The molecule has 0 aliphatic carbocycles. The van der Waals surface area contributed by atoms with Gasteiger partial charge >= 0.3 is 0 Å². The minimum Gasteiger partial charge on any atom is -0.497 e. The average Bonchev–Trinajstić information content (AvgIpc) is 3.35. The minimum atomic E-state index is -0.238. The Bertz CT molecular complexity index is 1200. The van der Waals surface area contributed by atoms with Crippen molar-refractivity contribution in [2.24, 2.45) is 0 Å². The molecular formula is C26H25N3O4. The molecule has 0 saturated carbocycles. The van der Waals surface area contributed by atoms with Crippen LogP contribution >= 0.6 is 0 Å². The van der Waals surface area contributed by atoms with Crippen LogP contribution in [0.5, 0.6) is 11.5 Å². The Kier molecular flexibility index (Phi) is 6.99. The lowest BCUT2D eigenvalue weighted by Crippen LogP contribution is -2.12. The second-order valence-electron chi connectivity index (χ2n) is 7.38. The van der Waals surface area contributed by atoms with E-state index in [1.165, 1.54) is 0 Å². The van der Waals surface area contributed by atoms with Gasteiger partial charge in [-0.3, -0.25) is 4.79 Å². The molecule has 33 heavy (non-hydrogen) atoms. The van der Waals surface area contributed by atoms with E-state index in [0.717, 1.165) is 29.9 Å². The normalized spacial score (nSPS) is 10.6. The standard InChI is InChI=1S/C26H25N3O4/c1-3-4-17-32-21-15-11-19(12-16-21)25(30)27-23-8-6-5-7-22(23)26-28-24(29-33-26)18-9-13-20(31-2)14-10-18/h5-16H,3-4,17H2,1-2H3,(H,27,30). The summed E-state index contributed by atoms with van der Waals surface area (Å²) in [6.07, 6.45) is 2.07. The molecule has 0 aliphatic rings. The van der Waals surface area contributed by atoms with E-state index in [1.54, 1.807) is 37.4 Å². The van der Waals surface area contributed by atoms with Crippen molar-refractivity contribution in [1.29, 1.82) is 0 Å². The van der Waals surface area contributed by atoms with E-state index in [0.29, 0.717) is 35.1 Å².